The molecule has 0 saturated heterocycles. The molecule has 4 rings (SSSR count). The first-order chi connectivity index (χ1) is 11.3. The Morgan fingerprint density at radius 1 is 1.17 bits per heavy atom. The van der Waals surface area contributed by atoms with Gasteiger partial charge in [0.25, 0.3) is 0 Å². The molecule has 0 amide bonds. The predicted octanol–water partition coefficient (Wildman–Crippen LogP) is 4.52. The number of ether oxygens (including phenoxy) is 1. The molecule has 23 heavy (non-hydrogen) atoms. The van der Waals surface area contributed by atoms with Crippen LogP contribution >= 0.6 is 0 Å². The minimum Gasteiger partial charge on any atom is -0.493 e. The van der Waals surface area contributed by atoms with Crippen LogP contribution in [-0.4, -0.2) is 16.8 Å². The van der Waals surface area contributed by atoms with Crippen LogP contribution in [0.4, 0.5) is 5.82 Å². The van der Waals surface area contributed by atoms with Gasteiger partial charge in [-0.25, -0.2) is 9.98 Å². The molecule has 2 unspecified atom stereocenters. The SMILES string of the molecule is CCc1cc2ccccc2nc1N=C1C=COC2C=CC=CC12. The van der Waals surface area contributed by atoms with Crippen molar-refractivity contribution >= 4 is 22.4 Å². The molecular weight excluding hydrogens is 284 g/mol. The van der Waals surface area contributed by atoms with Gasteiger partial charge in [0.2, 0.25) is 0 Å². The smallest absolute Gasteiger partial charge is 0.156 e. The van der Waals surface area contributed by atoms with Gasteiger partial charge < -0.3 is 4.74 Å². The van der Waals surface area contributed by atoms with Gasteiger partial charge in [0.05, 0.1) is 23.4 Å². The van der Waals surface area contributed by atoms with Crippen molar-refractivity contribution < 1.29 is 4.74 Å². The molecule has 0 fully saturated rings. The topological polar surface area (TPSA) is 34.5 Å². The average molecular weight is 302 g/mol. The third-order valence-corrected chi connectivity index (χ3v) is 4.30. The fourth-order valence-electron chi connectivity index (χ4n) is 3.04. The van der Waals surface area contributed by atoms with Crippen LogP contribution < -0.4 is 0 Å². The van der Waals surface area contributed by atoms with Crippen LogP contribution in [0.5, 0.6) is 0 Å². The van der Waals surface area contributed by atoms with Crippen molar-refractivity contribution in [3.8, 4) is 0 Å². The van der Waals surface area contributed by atoms with E-state index in [9.17, 15) is 0 Å². The summed E-state index contributed by atoms with van der Waals surface area (Å²) >= 11 is 0. The summed E-state index contributed by atoms with van der Waals surface area (Å²) in [6.07, 6.45) is 12.9. The Bertz CT molecular complexity index is 861. The zero-order chi connectivity index (χ0) is 15.6. The summed E-state index contributed by atoms with van der Waals surface area (Å²) in [6.45, 7) is 2.14. The van der Waals surface area contributed by atoms with E-state index in [1.165, 1.54) is 5.56 Å². The second kappa shape index (κ2) is 5.84. The second-order valence-electron chi connectivity index (χ2n) is 5.75. The summed E-state index contributed by atoms with van der Waals surface area (Å²) in [5, 5.41) is 1.16. The standard InChI is InChI=1S/C20H18N2O/c1-2-14-13-15-7-3-5-9-17(15)21-20(14)22-18-11-12-23-19-10-6-4-8-16(18)19/h3-13,16,19H,2H2,1H3. The molecule has 2 atom stereocenters. The average Bonchev–Trinajstić information content (AvgIpc) is 2.61. The number of allylic oxidation sites excluding steroid dienone is 3. The minimum absolute atomic E-state index is 0.0364. The van der Waals surface area contributed by atoms with E-state index in [4.69, 9.17) is 14.7 Å². The third-order valence-electron chi connectivity index (χ3n) is 4.30. The lowest BCUT2D eigenvalue weighted by atomic mass is 9.91. The number of hydrogen-bond donors (Lipinski definition) is 0. The lowest BCUT2D eigenvalue weighted by molar-refractivity contribution is 0.163. The summed E-state index contributed by atoms with van der Waals surface area (Å²) < 4.78 is 5.66. The Morgan fingerprint density at radius 3 is 2.96 bits per heavy atom. The molecule has 1 aliphatic carbocycles. The summed E-state index contributed by atoms with van der Waals surface area (Å²) in [7, 11) is 0. The monoisotopic (exact) mass is 302 g/mol. The molecule has 0 radical (unpaired) electrons. The van der Waals surface area contributed by atoms with Crippen LogP contribution in [-0.2, 0) is 11.2 Å². The zero-order valence-corrected chi connectivity index (χ0v) is 13.0. The number of pyridine rings is 1. The quantitative estimate of drug-likeness (QED) is 0.817. The van der Waals surface area contributed by atoms with Gasteiger partial charge in [0, 0.05) is 5.39 Å². The van der Waals surface area contributed by atoms with E-state index in [2.05, 4.69) is 31.2 Å². The lowest BCUT2D eigenvalue weighted by Gasteiger charge is -2.27. The lowest BCUT2D eigenvalue weighted by Crippen LogP contribution is -2.30. The zero-order valence-electron chi connectivity index (χ0n) is 13.0. The Labute approximate surface area is 135 Å². The first kappa shape index (κ1) is 13.9. The van der Waals surface area contributed by atoms with Crippen LogP contribution in [0.15, 0.2) is 72.0 Å². The van der Waals surface area contributed by atoms with E-state index >= 15 is 0 Å². The van der Waals surface area contributed by atoms with Crippen LogP contribution in [0, 0.1) is 5.92 Å². The molecule has 0 saturated carbocycles. The molecule has 3 heteroatoms. The highest BCUT2D eigenvalue weighted by atomic mass is 16.5. The molecule has 114 valence electrons. The van der Waals surface area contributed by atoms with Crippen LogP contribution in [0.2, 0.25) is 0 Å². The van der Waals surface area contributed by atoms with Crippen molar-refractivity contribution in [3.63, 3.8) is 0 Å². The fourth-order valence-corrected chi connectivity index (χ4v) is 3.04. The second-order valence-corrected chi connectivity index (χ2v) is 5.75. The third kappa shape index (κ3) is 2.59. The number of fused-ring (bicyclic) bond motifs is 2. The van der Waals surface area contributed by atoms with E-state index in [0.29, 0.717) is 0 Å². The largest absolute Gasteiger partial charge is 0.493 e. The molecule has 1 aromatic carbocycles. The van der Waals surface area contributed by atoms with E-state index in [-0.39, 0.29) is 12.0 Å². The number of aryl methyl sites for hydroxylation is 1. The van der Waals surface area contributed by atoms with Crippen molar-refractivity contribution in [1.29, 1.82) is 0 Å². The van der Waals surface area contributed by atoms with Crippen molar-refractivity contribution in [1.82, 2.24) is 4.98 Å². The van der Waals surface area contributed by atoms with Crippen molar-refractivity contribution in [2.24, 2.45) is 10.9 Å². The molecule has 2 aromatic rings. The molecule has 2 aliphatic rings. The maximum Gasteiger partial charge on any atom is 0.156 e. The van der Waals surface area contributed by atoms with Gasteiger partial charge in [0.1, 0.15) is 6.10 Å². The van der Waals surface area contributed by atoms with Gasteiger partial charge in [-0.3, -0.25) is 0 Å². The highest BCUT2D eigenvalue weighted by Crippen LogP contribution is 2.28. The first-order valence-electron chi connectivity index (χ1n) is 7.99. The normalized spacial score (nSPS) is 24.0. The van der Waals surface area contributed by atoms with E-state index in [0.717, 1.165) is 28.9 Å². The van der Waals surface area contributed by atoms with Crippen molar-refractivity contribution in [3.05, 3.63) is 72.5 Å². The van der Waals surface area contributed by atoms with Gasteiger partial charge in [0.15, 0.2) is 5.82 Å². The molecular formula is C20H18N2O. The molecule has 1 aromatic heterocycles. The first-order valence-corrected chi connectivity index (χ1v) is 7.99. The number of aliphatic imine (C=N–C) groups is 1. The van der Waals surface area contributed by atoms with Crippen LogP contribution in [0.1, 0.15) is 12.5 Å². The number of rotatable bonds is 2. The Balaban J connectivity index is 1.82. The number of para-hydroxylation sites is 1. The van der Waals surface area contributed by atoms with Gasteiger partial charge >= 0.3 is 0 Å². The van der Waals surface area contributed by atoms with Crippen molar-refractivity contribution in [2.75, 3.05) is 0 Å². The maximum atomic E-state index is 5.66. The van der Waals surface area contributed by atoms with E-state index < -0.39 is 0 Å². The van der Waals surface area contributed by atoms with Gasteiger partial charge in [-0.2, -0.15) is 0 Å². The number of nitrogens with zero attached hydrogens (tertiary/aromatic N) is 2. The van der Waals surface area contributed by atoms with Gasteiger partial charge in [-0.15, -0.1) is 0 Å². The summed E-state index contributed by atoms with van der Waals surface area (Å²) in [5.41, 5.74) is 3.15. The van der Waals surface area contributed by atoms with E-state index in [1.807, 2.05) is 36.4 Å². The minimum atomic E-state index is 0.0364. The van der Waals surface area contributed by atoms with E-state index in [1.54, 1.807) is 6.26 Å². The fraction of sp³-hybridized carbons (Fsp3) is 0.200. The maximum absolute atomic E-state index is 5.66. The number of hydrogen-bond acceptors (Lipinski definition) is 3. The summed E-state index contributed by atoms with van der Waals surface area (Å²) in [5.74, 6) is 0.970. The number of benzene rings is 1. The molecule has 3 nitrogen and oxygen atoms in total. The molecule has 0 spiro atoms. The highest BCUT2D eigenvalue weighted by molar-refractivity contribution is 6.01. The molecule has 2 heterocycles. The van der Waals surface area contributed by atoms with Gasteiger partial charge in [-0.05, 0) is 36.3 Å². The van der Waals surface area contributed by atoms with Crippen molar-refractivity contribution in [2.45, 2.75) is 19.4 Å². The Kier molecular flexibility index (Phi) is 3.54. The number of aromatic nitrogens is 1. The Morgan fingerprint density at radius 2 is 2.04 bits per heavy atom. The van der Waals surface area contributed by atoms with Gasteiger partial charge in [-0.1, -0.05) is 43.4 Å². The molecule has 1 aliphatic heterocycles. The van der Waals surface area contributed by atoms with Crippen LogP contribution in [0.25, 0.3) is 10.9 Å². The molecule has 0 N–H and O–H groups in total. The summed E-state index contributed by atoms with van der Waals surface area (Å²) in [6, 6.07) is 10.4. The predicted molar refractivity (Wildman–Crippen MR) is 94.0 cm³/mol. The van der Waals surface area contributed by atoms with Crippen LogP contribution in [0.3, 0.4) is 0 Å². The molecule has 0 bridgehead atoms. The Hall–Kier alpha value is -2.68. The highest BCUT2D eigenvalue weighted by Gasteiger charge is 2.26. The summed E-state index contributed by atoms with van der Waals surface area (Å²) in [4.78, 5) is 9.65.